The number of carbonyl (C=O) groups is 1. The van der Waals surface area contributed by atoms with Gasteiger partial charge in [0.1, 0.15) is 6.61 Å². The quantitative estimate of drug-likeness (QED) is 0.552. The van der Waals surface area contributed by atoms with Gasteiger partial charge in [-0.2, -0.15) is 0 Å². The average Bonchev–Trinajstić information content (AvgIpc) is 2.67. The van der Waals surface area contributed by atoms with Gasteiger partial charge < -0.3 is 23.8 Å². The Labute approximate surface area is 167 Å². The summed E-state index contributed by atoms with van der Waals surface area (Å²) in [6.07, 6.45) is 0. The van der Waals surface area contributed by atoms with Crippen LogP contribution >= 0.6 is 22.6 Å². The third-order valence-electron chi connectivity index (χ3n) is 3.80. The van der Waals surface area contributed by atoms with E-state index < -0.39 is 0 Å². The van der Waals surface area contributed by atoms with Crippen molar-refractivity contribution in [3.05, 3.63) is 45.5 Å². The monoisotopic (exact) mass is 471 g/mol. The van der Waals surface area contributed by atoms with Crippen LogP contribution in [0, 0.1) is 3.57 Å². The highest BCUT2D eigenvalue weighted by molar-refractivity contribution is 14.1. The summed E-state index contributed by atoms with van der Waals surface area (Å²) in [5, 5.41) is 0. The second kappa shape index (κ2) is 9.51. The molecule has 0 bridgehead atoms. The predicted molar refractivity (Wildman–Crippen MR) is 108 cm³/mol. The number of methoxy groups -OCH3 is 3. The number of hydrogen-bond acceptors (Lipinski definition) is 5. The molecule has 0 unspecified atom stereocenters. The summed E-state index contributed by atoms with van der Waals surface area (Å²) in [4.78, 5) is 14.4. The Hall–Kier alpha value is -2.16. The summed E-state index contributed by atoms with van der Waals surface area (Å²) < 4.78 is 22.3. The maximum absolute atomic E-state index is 12.7. The third-order valence-corrected chi connectivity index (χ3v) is 4.70. The Bertz CT molecular complexity index is 766. The maximum atomic E-state index is 12.7. The van der Waals surface area contributed by atoms with Crippen molar-refractivity contribution in [3.8, 4) is 23.0 Å². The molecule has 0 aliphatic heterocycles. The number of benzene rings is 2. The summed E-state index contributed by atoms with van der Waals surface area (Å²) in [7, 11) is 6.44. The molecule has 140 valence electrons. The number of rotatable bonds is 8. The van der Waals surface area contributed by atoms with Crippen LogP contribution in [-0.4, -0.2) is 52.3 Å². The summed E-state index contributed by atoms with van der Waals surface area (Å²) >= 11 is 2.12. The van der Waals surface area contributed by atoms with E-state index >= 15 is 0 Å². The van der Waals surface area contributed by atoms with E-state index in [-0.39, 0.29) is 5.91 Å². The van der Waals surface area contributed by atoms with Crippen molar-refractivity contribution < 1.29 is 23.7 Å². The zero-order valence-electron chi connectivity index (χ0n) is 15.2. The first-order valence-electron chi connectivity index (χ1n) is 7.94. The van der Waals surface area contributed by atoms with Crippen LogP contribution in [0.2, 0.25) is 0 Å². The van der Waals surface area contributed by atoms with E-state index in [1.807, 2.05) is 24.3 Å². The highest BCUT2D eigenvalue weighted by Crippen LogP contribution is 2.32. The number of hydrogen-bond donors (Lipinski definition) is 0. The van der Waals surface area contributed by atoms with Crippen molar-refractivity contribution in [2.24, 2.45) is 0 Å². The molecule has 0 fully saturated rings. The SMILES string of the molecule is COc1cc(I)c(C(=O)N(C)CCOc2ccccc2OC)cc1OC. The number of para-hydroxylation sites is 2. The summed E-state index contributed by atoms with van der Waals surface area (Å²) in [6.45, 7) is 0.786. The van der Waals surface area contributed by atoms with Crippen molar-refractivity contribution in [1.82, 2.24) is 4.90 Å². The first-order valence-corrected chi connectivity index (χ1v) is 9.02. The van der Waals surface area contributed by atoms with Gasteiger partial charge in [0.15, 0.2) is 23.0 Å². The van der Waals surface area contributed by atoms with Gasteiger partial charge in [-0.1, -0.05) is 12.1 Å². The standard InChI is InChI=1S/C19H22INO5/c1-21(9-10-26-16-8-6-5-7-15(16)23-2)19(22)13-11-17(24-3)18(25-4)12-14(13)20/h5-8,11-12H,9-10H2,1-4H3. The Morgan fingerprint density at radius 3 is 2.15 bits per heavy atom. The van der Waals surface area contributed by atoms with Crippen molar-refractivity contribution in [1.29, 1.82) is 0 Å². The molecule has 0 spiro atoms. The molecule has 0 aromatic heterocycles. The van der Waals surface area contributed by atoms with Gasteiger partial charge in [-0.15, -0.1) is 0 Å². The second-order valence-corrected chi connectivity index (χ2v) is 6.58. The Kier molecular flexibility index (Phi) is 7.38. The van der Waals surface area contributed by atoms with Crippen LogP contribution in [0.15, 0.2) is 36.4 Å². The number of nitrogens with zero attached hydrogens (tertiary/aromatic N) is 1. The van der Waals surface area contributed by atoms with Gasteiger partial charge in [-0.25, -0.2) is 0 Å². The molecule has 2 aromatic rings. The lowest BCUT2D eigenvalue weighted by Crippen LogP contribution is -2.31. The lowest BCUT2D eigenvalue weighted by atomic mass is 10.1. The highest BCUT2D eigenvalue weighted by Gasteiger charge is 2.19. The van der Waals surface area contributed by atoms with E-state index in [1.165, 1.54) is 0 Å². The first-order chi connectivity index (χ1) is 12.5. The van der Waals surface area contributed by atoms with Gasteiger partial charge in [0, 0.05) is 10.6 Å². The highest BCUT2D eigenvalue weighted by atomic mass is 127. The minimum atomic E-state index is -0.112. The van der Waals surface area contributed by atoms with Crippen molar-refractivity contribution in [3.63, 3.8) is 0 Å². The van der Waals surface area contributed by atoms with Crippen molar-refractivity contribution >= 4 is 28.5 Å². The number of likely N-dealkylation sites (N-methyl/N-ethyl adjacent to an activating group) is 1. The fourth-order valence-corrected chi connectivity index (χ4v) is 3.03. The fourth-order valence-electron chi connectivity index (χ4n) is 2.36. The molecular formula is C19H22INO5. The molecule has 26 heavy (non-hydrogen) atoms. The van der Waals surface area contributed by atoms with Crippen LogP contribution in [0.1, 0.15) is 10.4 Å². The molecule has 0 radical (unpaired) electrons. The molecule has 2 rings (SSSR count). The predicted octanol–water partition coefficient (Wildman–Crippen LogP) is 3.47. The topological polar surface area (TPSA) is 57.2 Å². The van der Waals surface area contributed by atoms with Crippen LogP contribution in [0.5, 0.6) is 23.0 Å². The summed E-state index contributed by atoms with van der Waals surface area (Å²) in [5.41, 5.74) is 0.558. The fraction of sp³-hybridized carbons (Fsp3) is 0.316. The van der Waals surface area contributed by atoms with Gasteiger partial charge in [0.2, 0.25) is 0 Å². The smallest absolute Gasteiger partial charge is 0.254 e. The largest absolute Gasteiger partial charge is 0.493 e. The molecule has 0 aliphatic carbocycles. The minimum absolute atomic E-state index is 0.112. The summed E-state index contributed by atoms with van der Waals surface area (Å²) in [5.74, 6) is 2.32. The maximum Gasteiger partial charge on any atom is 0.254 e. The van der Waals surface area contributed by atoms with Crippen LogP contribution in [0.3, 0.4) is 0 Å². The number of ether oxygens (including phenoxy) is 4. The van der Waals surface area contributed by atoms with Crippen molar-refractivity contribution in [2.75, 3.05) is 41.5 Å². The van der Waals surface area contributed by atoms with Gasteiger partial charge in [0.05, 0.1) is 33.4 Å². The lowest BCUT2D eigenvalue weighted by molar-refractivity contribution is 0.0771. The average molecular weight is 471 g/mol. The molecule has 7 heteroatoms. The van der Waals surface area contributed by atoms with Gasteiger partial charge >= 0.3 is 0 Å². The molecule has 1 amide bonds. The van der Waals surface area contributed by atoms with Crippen LogP contribution in [0.4, 0.5) is 0 Å². The Balaban J connectivity index is 2.03. The van der Waals surface area contributed by atoms with Gasteiger partial charge in [-0.3, -0.25) is 4.79 Å². The van der Waals surface area contributed by atoms with E-state index in [0.717, 1.165) is 3.57 Å². The minimum Gasteiger partial charge on any atom is -0.493 e. The van der Waals surface area contributed by atoms with Crippen LogP contribution < -0.4 is 18.9 Å². The van der Waals surface area contributed by atoms with Crippen LogP contribution in [0.25, 0.3) is 0 Å². The van der Waals surface area contributed by atoms with Gasteiger partial charge in [-0.05, 0) is 46.9 Å². The van der Waals surface area contributed by atoms with E-state index in [1.54, 1.807) is 45.4 Å². The first kappa shape index (κ1) is 20.2. The number of halogens is 1. The molecule has 0 saturated heterocycles. The molecule has 6 nitrogen and oxygen atoms in total. The number of carbonyl (C=O) groups excluding carboxylic acids is 1. The molecule has 0 heterocycles. The second-order valence-electron chi connectivity index (χ2n) is 5.41. The van der Waals surface area contributed by atoms with E-state index in [2.05, 4.69) is 22.6 Å². The van der Waals surface area contributed by atoms with E-state index in [9.17, 15) is 4.79 Å². The third kappa shape index (κ3) is 4.72. The normalized spacial score (nSPS) is 10.2. The molecular weight excluding hydrogens is 449 g/mol. The lowest BCUT2D eigenvalue weighted by Gasteiger charge is -2.20. The zero-order chi connectivity index (χ0) is 19.1. The zero-order valence-corrected chi connectivity index (χ0v) is 17.4. The Morgan fingerprint density at radius 1 is 0.962 bits per heavy atom. The van der Waals surface area contributed by atoms with Gasteiger partial charge in [0.25, 0.3) is 5.91 Å². The molecule has 0 N–H and O–H groups in total. The molecule has 2 aromatic carbocycles. The Morgan fingerprint density at radius 2 is 1.54 bits per heavy atom. The molecule has 0 atom stereocenters. The molecule has 0 aliphatic rings. The van der Waals surface area contributed by atoms with Crippen molar-refractivity contribution in [2.45, 2.75) is 0 Å². The molecule has 0 saturated carbocycles. The number of amides is 1. The van der Waals surface area contributed by atoms with E-state index in [0.29, 0.717) is 41.7 Å². The van der Waals surface area contributed by atoms with Crippen LogP contribution in [-0.2, 0) is 0 Å². The van der Waals surface area contributed by atoms with E-state index in [4.69, 9.17) is 18.9 Å². The summed E-state index contributed by atoms with van der Waals surface area (Å²) in [6, 6.07) is 10.9.